The number of aromatic nitrogens is 2. The molecule has 0 radical (unpaired) electrons. The Morgan fingerprint density at radius 1 is 1.09 bits per heavy atom. The van der Waals surface area contributed by atoms with E-state index >= 15 is 0 Å². The Kier molecular flexibility index (Phi) is 7.24. The van der Waals surface area contributed by atoms with Gasteiger partial charge in [-0.3, -0.25) is 0 Å². The molecule has 0 bridgehead atoms. The third-order valence-corrected chi connectivity index (χ3v) is 5.99. The number of nitrogens with zero attached hydrogens (tertiary/aromatic N) is 2. The molecular formula is C26H28N2O5. The maximum absolute atomic E-state index is 12.2. The zero-order valence-electron chi connectivity index (χ0n) is 19.6. The van der Waals surface area contributed by atoms with E-state index in [0.717, 1.165) is 30.4 Å². The van der Waals surface area contributed by atoms with E-state index in [1.165, 1.54) is 23.8 Å². The summed E-state index contributed by atoms with van der Waals surface area (Å²) >= 11 is 0. The van der Waals surface area contributed by atoms with Crippen molar-refractivity contribution in [2.24, 2.45) is 5.92 Å². The van der Waals surface area contributed by atoms with Crippen molar-refractivity contribution >= 4 is 12.1 Å². The first-order valence-corrected chi connectivity index (χ1v) is 10.9. The van der Waals surface area contributed by atoms with Gasteiger partial charge in [0.15, 0.2) is 5.82 Å². The van der Waals surface area contributed by atoms with Gasteiger partial charge < -0.3 is 9.26 Å². The second-order valence-corrected chi connectivity index (χ2v) is 8.75. The summed E-state index contributed by atoms with van der Waals surface area (Å²) in [4.78, 5) is 33.2. The highest BCUT2D eigenvalue weighted by atomic mass is 16.5. The fraction of sp³-hybridized carbons (Fsp3) is 0.385. The van der Waals surface area contributed by atoms with E-state index in [1.54, 1.807) is 0 Å². The number of benzene rings is 2. The monoisotopic (exact) mass is 448 g/mol. The van der Waals surface area contributed by atoms with Gasteiger partial charge in [-0.25, -0.2) is 4.79 Å². The van der Waals surface area contributed by atoms with Gasteiger partial charge in [-0.15, -0.1) is 0 Å². The van der Waals surface area contributed by atoms with E-state index in [-0.39, 0.29) is 12.1 Å². The Morgan fingerprint density at radius 2 is 1.70 bits per heavy atom. The van der Waals surface area contributed by atoms with Crippen molar-refractivity contribution in [3.8, 4) is 0 Å². The van der Waals surface area contributed by atoms with Gasteiger partial charge in [-0.1, -0.05) is 48.8 Å². The summed E-state index contributed by atoms with van der Waals surface area (Å²) in [5.74, 6) is 1.32. The van der Waals surface area contributed by atoms with Crippen molar-refractivity contribution < 1.29 is 23.6 Å². The summed E-state index contributed by atoms with van der Waals surface area (Å²) in [6.07, 6.45) is 2.82. The number of carbonyl (C=O) groups is 1. The molecule has 0 fully saturated rings. The summed E-state index contributed by atoms with van der Waals surface area (Å²) in [7, 11) is 1.41. The zero-order chi connectivity index (χ0) is 24.2. The molecular weight excluding hydrogens is 420 g/mol. The van der Waals surface area contributed by atoms with Gasteiger partial charge in [0.2, 0.25) is 5.89 Å². The number of aryl methyl sites for hydroxylation is 4. The maximum Gasteiger partial charge on any atom is 0.373 e. The van der Waals surface area contributed by atoms with Crippen LogP contribution in [0.5, 0.6) is 0 Å². The highest BCUT2D eigenvalue weighted by Gasteiger charge is 2.45. The first kappa shape index (κ1) is 24.1. The lowest BCUT2D eigenvalue weighted by molar-refractivity contribution is -0.191. The van der Waals surface area contributed by atoms with Crippen LogP contribution in [0.2, 0.25) is 0 Å². The van der Waals surface area contributed by atoms with Gasteiger partial charge in [0.1, 0.15) is 0 Å². The summed E-state index contributed by atoms with van der Waals surface area (Å²) in [6, 6.07) is 12.5. The van der Waals surface area contributed by atoms with Crippen molar-refractivity contribution in [2.75, 3.05) is 7.11 Å². The zero-order valence-corrected chi connectivity index (χ0v) is 19.6. The Bertz CT molecular complexity index is 1190. The fourth-order valence-electron chi connectivity index (χ4n) is 4.86. The highest BCUT2D eigenvalue weighted by Crippen LogP contribution is 2.48. The van der Waals surface area contributed by atoms with E-state index in [0.29, 0.717) is 23.2 Å². The number of esters is 1. The highest BCUT2D eigenvalue weighted by molar-refractivity contribution is 5.89. The van der Waals surface area contributed by atoms with E-state index in [9.17, 15) is 4.79 Å². The molecule has 0 spiro atoms. The van der Waals surface area contributed by atoms with Crippen molar-refractivity contribution in [3.05, 3.63) is 81.5 Å². The van der Waals surface area contributed by atoms with Crippen LogP contribution >= 0.6 is 0 Å². The van der Waals surface area contributed by atoms with E-state index in [1.807, 2.05) is 19.1 Å². The second kappa shape index (κ2) is 9.92. The fourth-order valence-corrected chi connectivity index (χ4v) is 4.86. The molecule has 1 aliphatic carbocycles. The van der Waals surface area contributed by atoms with Crippen molar-refractivity contribution in [2.45, 2.75) is 52.4 Å². The molecule has 0 N–H and O–H groups in total. The Labute approximate surface area is 193 Å². The average molecular weight is 449 g/mol. The lowest BCUT2D eigenvalue weighted by atomic mass is 9.67. The summed E-state index contributed by atoms with van der Waals surface area (Å²) in [6.45, 7) is 8.38. The minimum atomic E-state index is -0.532. The molecule has 0 aliphatic heterocycles. The van der Waals surface area contributed by atoms with Crippen LogP contribution in [0.25, 0.3) is 0 Å². The molecule has 4 rings (SSSR count). The molecule has 0 saturated carbocycles. The molecule has 7 heteroatoms. The quantitative estimate of drug-likeness (QED) is 0.547. The maximum atomic E-state index is 12.2. The van der Waals surface area contributed by atoms with Crippen LogP contribution in [0.15, 0.2) is 40.9 Å². The number of methoxy groups -OCH3 is 1. The second-order valence-electron chi connectivity index (χ2n) is 8.75. The predicted octanol–water partition coefficient (Wildman–Crippen LogP) is 4.37. The van der Waals surface area contributed by atoms with Crippen LogP contribution in [-0.2, 0) is 32.6 Å². The van der Waals surface area contributed by atoms with Crippen molar-refractivity contribution in [1.82, 2.24) is 10.1 Å². The van der Waals surface area contributed by atoms with Gasteiger partial charge in [-0.05, 0) is 66.5 Å². The van der Waals surface area contributed by atoms with E-state index in [4.69, 9.17) is 23.8 Å². The topological polar surface area (TPSA) is 99.4 Å². The van der Waals surface area contributed by atoms with Crippen LogP contribution < -0.4 is 0 Å². The number of ether oxygens (including phenoxy) is 1. The average Bonchev–Trinajstić information content (AvgIpc) is 3.17. The van der Waals surface area contributed by atoms with Crippen LogP contribution in [0, 0.1) is 19.8 Å². The lowest BCUT2D eigenvalue weighted by Gasteiger charge is -2.35. The van der Waals surface area contributed by atoms with Gasteiger partial charge in [0.05, 0.1) is 18.1 Å². The van der Waals surface area contributed by atoms with Crippen molar-refractivity contribution in [1.29, 1.82) is 0 Å². The predicted molar refractivity (Wildman–Crippen MR) is 120 cm³/mol. The molecule has 1 aromatic heterocycles. The van der Waals surface area contributed by atoms with Crippen LogP contribution in [0.1, 0.15) is 70.2 Å². The summed E-state index contributed by atoms with van der Waals surface area (Å²) in [5, 5.41) is 4.42. The van der Waals surface area contributed by atoms with Crippen LogP contribution in [0.4, 0.5) is 0 Å². The molecule has 1 atom stereocenters. The van der Waals surface area contributed by atoms with Crippen LogP contribution in [-0.4, -0.2) is 29.4 Å². The molecule has 1 unspecified atom stereocenters. The largest absolute Gasteiger partial charge is 0.465 e. The molecule has 172 valence electrons. The molecule has 0 saturated heterocycles. The van der Waals surface area contributed by atoms with Gasteiger partial charge >= 0.3 is 12.1 Å². The Morgan fingerprint density at radius 3 is 2.24 bits per heavy atom. The third-order valence-electron chi connectivity index (χ3n) is 5.99. The smallest absolute Gasteiger partial charge is 0.373 e. The molecule has 2 aromatic carbocycles. The lowest BCUT2D eigenvalue weighted by Crippen LogP contribution is -2.34. The Balaban J connectivity index is 0.000000968. The number of hydrogen-bond donors (Lipinski definition) is 0. The Hall–Kier alpha value is -3.57. The molecule has 33 heavy (non-hydrogen) atoms. The standard InChI is InChI=1S/C25H28N2O3.CO2/c1-15(2)14-25(24-26-17(4)30-27-24)21-10-6-16(3)12-18(21)7-8-19-13-20(23(28)29-5)9-11-22(19)25;2-1-3/h6,9-13,15H,7-8,14H2,1-5H3;. The first-order valence-electron chi connectivity index (χ1n) is 10.9. The van der Waals surface area contributed by atoms with E-state index < -0.39 is 5.41 Å². The molecule has 0 amide bonds. The molecule has 3 aromatic rings. The third kappa shape index (κ3) is 4.64. The SMILES string of the molecule is COC(=O)c1ccc2c(c1)CCc1cc(C)ccc1C2(CC(C)C)c1noc(C)n1.O=C=O. The van der Waals surface area contributed by atoms with Crippen LogP contribution in [0.3, 0.4) is 0 Å². The normalized spacial score (nSPS) is 16.5. The molecule has 7 nitrogen and oxygen atoms in total. The number of rotatable bonds is 4. The molecule has 1 heterocycles. The van der Waals surface area contributed by atoms with Gasteiger partial charge in [-0.2, -0.15) is 14.6 Å². The van der Waals surface area contributed by atoms with E-state index in [2.05, 4.69) is 50.2 Å². The van der Waals surface area contributed by atoms with Gasteiger partial charge in [0.25, 0.3) is 0 Å². The minimum absolute atomic E-state index is 0.250. The number of fused-ring (bicyclic) bond motifs is 2. The minimum Gasteiger partial charge on any atom is -0.465 e. The molecule has 1 aliphatic rings. The summed E-state index contributed by atoms with van der Waals surface area (Å²) < 4.78 is 10.4. The number of carbonyl (C=O) groups excluding carboxylic acids is 3. The number of hydrogen-bond acceptors (Lipinski definition) is 7. The van der Waals surface area contributed by atoms with Crippen molar-refractivity contribution in [3.63, 3.8) is 0 Å². The first-order chi connectivity index (χ1) is 15.8. The summed E-state index contributed by atoms with van der Waals surface area (Å²) in [5.41, 5.74) is 6.08. The van der Waals surface area contributed by atoms with Gasteiger partial charge in [0, 0.05) is 6.92 Å².